The second-order valence-corrected chi connectivity index (χ2v) is 7.31. The number of hydrogen-bond acceptors (Lipinski definition) is 5. The third-order valence-electron chi connectivity index (χ3n) is 5.15. The average Bonchev–Trinajstić information content (AvgIpc) is 3.22. The Morgan fingerprint density at radius 3 is 2.45 bits per heavy atom. The van der Waals surface area contributed by atoms with Crippen LogP contribution in [0.25, 0.3) is 11.3 Å². The number of carbonyl (C=O) groups excluding carboxylic acids is 1. The average molecular weight is 394 g/mol. The largest absolute Gasteiger partial charge is 0.363 e. The lowest BCUT2D eigenvalue weighted by Crippen LogP contribution is -2.43. The first-order valence-corrected chi connectivity index (χ1v) is 9.60. The van der Waals surface area contributed by atoms with E-state index in [1.54, 1.807) is 12.1 Å². The number of aromatic nitrogens is 1. The molecular formula is C22H23FN4O2. The van der Waals surface area contributed by atoms with Crippen molar-refractivity contribution in [1.82, 2.24) is 15.0 Å². The molecular weight excluding hydrogens is 371 g/mol. The van der Waals surface area contributed by atoms with Crippen molar-refractivity contribution in [3.63, 3.8) is 0 Å². The van der Waals surface area contributed by atoms with Crippen molar-refractivity contribution in [2.75, 3.05) is 38.5 Å². The molecule has 1 aromatic heterocycles. The summed E-state index contributed by atoms with van der Waals surface area (Å²) in [5.41, 5.74) is 3.22. The van der Waals surface area contributed by atoms with E-state index >= 15 is 0 Å². The van der Waals surface area contributed by atoms with Crippen molar-refractivity contribution in [2.24, 2.45) is 0 Å². The minimum absolute atomic E-state index is 0.304. The molecule has 0 radical (unpaired) electrons. The van der Waals surface area contributed by atoms with Crippen molar-refractivity contribution in [2.45, 2.75) is 6.54 Å². The second kappa shape index (κ2) is 8.55. The van der Waals surface area contributed by atoms with E-state index in [0.717, 1.165) is 32.7 Å². The van der Waals surface area contributed by atoms with Crippen molar-refractivity contribution in [3.8, 4) is 11.3 Å². The van der Waals surface area contributed by atoms with Gasteiger partial charge in [-0.15, -0.1) is 0 Å². The number of nitrogens with one attached hydrogen (secondary N) is 1. The van der Waals surface area contributed by atoms with Crippen LogP contribution >= 0.6 is 0 Å². The van der Waals surface area contributed by atoms with Crippen LogP contribution in [-0.2, 0) is 6.54 Å². The summed E-state index contributed by atoms with van der Waals surface area (Å²) in [7, 11) is 2.14. The summed E-state index contributed by atoms with van der Waals surface area (Å²) in [6.45, 7) is 5.21. The van der Waals surface area contributed by atoms with Crippen molar-refractivity contribution in [3.05, 3.63) is 71.7 Å². The van der Waals surface area contributed by atoms with Gasteiger partial charge in [0.05, 0.1) is 0 Å². The smallest absolute Gasteiger partial charge is 0.261 e. The Morgan fingerprint density at radius 1 is 1.07 bits per heavy atom. The monoisotopic (exact) mass is 394 g/mol. The predicted octanol–water partition coefficient (Wildman–Crippen LogP) is 3.48. The van der Waals surface area contributed by atoms with Crippen LogP contribution in [-0.4, -0.2) is 54.1 Å². The molecule has 6 nitrogen and oxygen atoms in total. The van der Waals surface area contributed by atoms with E-state index in [9.17, 15) is 9.18 Å². The lowest BCUT2D eigenvalue weighted by atomic mass is 10.1. The molecule has 4 rings (SSSR count). The van der Waals surface area contributed by atoms with Gasteiger partial charge >= 0.3 is 0 Å². The lowest BCUT2D eigenvalue weighted by Gasteiger charge is -2.32. The summed E-state index contributed by atoms with van der Waals surface area (Å²) < 4.78 is 18.1. The second-order valence-electron chi connectivity index (χ2n) is 7.31. The summed E-state index contributed by atoms with van der Waals surface area (Å²) in [5, 5.41) is 6.77. The fourth-order valence-corrected chi connectivity index (χ4v) is 3.37. The van der Waals surface area contributed by atoms with Crippen LogP contribution < -0.4 is 5.32 Å². The van der Waals surface area contributed by atoms with Gasteiger partial charge in [0, 0.05) is 44.0 Å². The molecule has 0 bridgehead atoms. The van der Waals surface area contributed by atoms with Crippen LogP contribution in [0.2, 0.25) is 0 Å². The summed E-state index contributed by atoms with van der Waals surface area (Å²) >= 11 is 0. The maximum Gasteiger partial charge on any atom is 0.261 e. The zero-order chi connectivity index (χ0) is 20.2. The van der Waals surface area contributed by atoms with Gasteiger partial charge in [-0.25, -0.2) is 4.39 Å². The maximum atomic E-state index is 13.1. The van der Waals surface area contributed by atoms with Gasteiger partial charge < -0.3 is 14.7 Å². The molecule has 0 saturated carbocycles. The molecule has 0 spiro atoms. The molecule has 1 aliphatic heterocycles. The number of amides is 1. The first kappa shape index (κ1) is 19.3. The number of rotatable bonds is 5. The highest BCUT2D eigenvalue weighted by Crippen LogP contribution is 2.23. The Kier molecular flexibility index (Phi) is 5.69. The number of carbonyl (C=O) groups is 1. The Morgan fingerprint density at radius 2 is 1.76 bits per heavy atom. The normalized spacial score (nSPS) is 15.4. The SMILES string of the molecule is CN1CCN(Cc2ccc(NC(=O)c3conc3-c3ccc(F)cc3)cc2)CC1. The number of benzene rings is 2. The van der Waals surface area contributed by atoms with Crippen LogP contribution in [0.1, 0.15) is 15.9 Å². The summed E-state index contributed by atoms with van der Waals surface area (Å²) in [5.74, 6) is -0.669. The Labute approximate surface area is 168 Å². The number of halogens is 1. The Bertz CT molecular complexity index is 961. The molecule has 2 aromatic carbocycles. The fourth-order valence-electron chi connectivity index (χ4n) is 3.37. The molecule has 1 aliphatic rings. The number of likely N-dealkylation sites (N-methyl/N-ethyl adjacent to an activating group) is 1. The topological polar surface area (TPSA) is 61.6 Å². The first-order valence-electron chi connectivity index (χ1n) is 9.60. The predicted molar refractivity (Wildman–Crippen MR) is 109 cm³/mol. The minimum atomic E-state index is -0.347. The van der Waals surface area contributed by atoms with Crippen LogP contribution in [0.15, 0.2) is 59.3 Å². The molecule has 1 amide bonds. The molecule has 0 atom stereocenters. The van der Waals surface area contributed by atoms with Gasteiger partial charge in [-0.05, 0) is 49.0 Å². The molecule has 1 N–H and O–H groups in total. The Balaban J connectivity index is 1.40. The van der Waals surface area contributed by atoms with E-state index in [0.29, 0.717) is 22.5 Å². The third kappa shape index (κ3) is 4.70. The number of hydrogen-bond donors (Lipinski definition) is 1. The molecule has 150 valence electrons. The maximum absolute atomic E-state index is 13.1. The van der Waals surface area contributed by atoms with Crippen LogP contribution in [0, 0.1) is 5.82 Å². The van der Waals surface area contributed by atoms with Crippen molar-refractivity contribution in [1.29, 1.82) is 0 Å². The summed E-state index contributed by atoms with van der Waals surface area (Å²) in [4.78, 5) is 17.4. The molecule has 3 aromatic rings. The third-order valence-corrected chi connectivity index (χ3v) is 5.15. The van der Waals surface area contributed by atoms with Gasteiger partial charge in [-0.3, -0.25) is 9.69 Å². The van der Waals surface area contributed by atoms with Gasteiger partial charge in [0.25, 0.3) is 5.91 Å². The van der Waals surface area contributed by atoms with Gasteiger partial charge in [0.1, 0.15) is 23.3 Å². The zero-order valence-electron chi connectivity index (χ0n) is 16.3. The molecule has 0 aliphatic carbocycles. The van der Waals surface area contributed by atoms with Crippen molar-refractivity contribution >= 4 is 11.6 Å². The molecule has 1 saturated heterocycles. The first-order chi connectivity index (χ1) is 14.1. The van der Waals surface area contributed by atoms with E-state index < -0.39 is 0 Å². The minimum Gasteiger partial charge on any atom is -0.363 e. The molecule has 29 heavy (non-hydrogen) atoms. The van der Waals surface area contributed by atoms with Crippen LogP contribution in [0.4, 0.5) is 10.1 Å². The Hall–Kier alpha value is -3.03. The van der Waals surface area contributed by atoms with Gasteiger partial charge in [-0.1, -0.05) is 17.3 Å². The number of nitrogens with zero attached hydrogens (tertiary/aromatic N) is 3. The van der Waals surface area contributed by atoms with E-state index in [1.807, 2.05) is 24.3 Å². The number of piperazine rings is 1. The van der Waals surface area contributed by atoms with Crippen LogP contribution in [0.5, 0.6) is 0 Å². The van der Waals surface area contributed by atoms with Gasteiger partial charge in [0.2, 0.25) is 0 Å². The van der Waals surface area contributed by atoms with Gasteiger partial charge in [0.15, 0.2) is 0 Å². The summed E-state index contributed by atoms with van der Waals surface area (Å²) in [6.07, 6.45) is 1.30. The van der Waals surface area contributed by atoms with Crippen LogP contribution in [0.3, 0.4) is 0 Å². The lowest BCUT2D eigenvalue weighted by molar-refractivity contribution is 0.102. The quantitative estimate of drug-likeness (QED) is 0.718. The molecule has 2 heterocycles. The van der Waals surface area contributed by atoms with E-state index in [2.05, 4.69) is 27.3 Å². The van der Waals surface area contributed by atoms with E-state index in [1.165, 1.54) is 24.0 Å². The van der Waals surface area contributed by atoms with E-state index in [-0.39, 0.29) is 11.7 Å². The molecule has 7 heteroatoms. The molecule has 0 unspecified atom stereocenters. The standard InChI is InChI=1S/C22H23FN4O2/c1-26-10-12-27(13-11-26)14-16-2-8-19(9-3-16)24-22(28)20-15-29-25-21(20)17-4-6-18(23)7-5-17/h2-9,15H,10-14H2,1H3,(H,24,28). The van der Waals surface area contributed by atoms with Gasteiger partial charge in [-0.2, -0.15) is 0 Å². The zero-order valence-corrected chi connectivity index (χ0v) is 16.3. The fraction of sp³-hybridized carbons (Fsp3) is 0.273. The number of anilines is 1. The highest BCUT2D eigenvalue weighted by molar-refractivity contribution is 6.07. The highest BCUT2D eigenvalue weighted by Gasteiger charge is 2.18. The highest BCUT2D eigenvalue weighted by atomic mass is 19.1. The van der Waals surface area contributed by atoms with E-state index in [4.69, 9.17) is 4.52 Å². The van der Waals surface area contributed by atoms with Crippen molar-refractivity contribution < 1.29 is 13.7 Å². The molecule has 1 fully saturated rings. The summed E-state index contributed by atoms with van der Waals surface area (Å²) in [6, 6.07) is 13.6.